The highest BCUT2D eigenvalue weighted by Crippen LogP contribution is 2.36. The van der Waals surface area contributed by atoms with Crippen LogP contribution in [0.1, 0.15) is 5.56 Å². The van der Waals surface area contributed by atoms with Crippen LogP contribution in [0.5, 0.6) is 5.75 Å². The number of aromatic hydroxyl groups is 1. The van der Waals surface area contributed by atoms with Gasteiger partial charge in [-0.2, -0.15) is 0 Å². The standard InChI is InChI=1S/C22H18N2O4S2/c1-30(27,28)16-9-6-14(7-10-16)12-21(26)23-15-8-11-19(25)17(13-15)22-24-18-4-2-3-5-20(18)29-22/h2-11,13,25H,12H2,1H3,(H,23,26). The number of carbonyl (C=O) groups is 1. The van der Waals surface area contributed by atoms with Crippen molar-refractivity contribution >= 4 is 43.0 Å². The Morgan fingerprint density at radius 1 is 1.07 bits per heavy atom. The molecule has 4 rings (SSSR count). The number of hydrogen-bond donors (Lipinski definition) is 2. The molecule has 0 atom stereocenters. The fourth-order valence-corrected chi connectivity index (χ4v) is 4.64. The lowest BCUT2D eigenvalue weighted by Crippen LogP contribution is -2.14. The maximum Gasteiger partial charge on any atom is 0.228 e. The molecule has 1 aromatic heterocycles. The smallest absolute Gasteiger partial charge is 0.228 e. The molecule has 152 valence electrons. The van der Waals surface area contributed by atoms with Gasteiger partial charge in [0.15, 0.2) is 9.84 Å². The average Bonchev–Trinajstić information content (AvgIpc) is 3.13. The number of nitrogens with one attached hydrogen (secondary N) is 1. The summed E-state index contributed by atoms with van der Waals surface area (Å²) in [6, 6.07) is 18.8. The maximum absolute atomic E-state index is 12.4. The number of nitrogens with zero attached hydrogens (tertiary/aromatic N) is 1. The zero-order valence-electron chi connectivity index (χ0n) is 16.0. The van der Waals surface area contributed by atoms with Gasteiger partial charge in [0.25, 0.3) is 0 Å². The van der Waals surface area contributed by atoms with Crippen molar-refractivity contribution in [2.24, 2.45) is 0 Å². The Labute approximate surface area is 177 Å². The molecule has 0 radical (unpaired) electrons. The summed E-state index contributed by atoms with van der Waals surface area (Å²) >= 11 is 1.47. The number of phenols is 1. The van der Waals surface area contributed by atoms with Gasteiger partial charge in [0.05, 0.1) is 27.1 Å². The highest BCUT2D eigenvalue weighted by atomic mass is 32.2. The molecule has 8 heteroatoms. The predicted octanol–water partition coefficient (Wildman–Crippen LogP) is 4.25. The number of phenolic OH excluding ortho intramolecular Hbond substituents is 1. The van der Waals surface area contributed by atoms with E-state index in [0.717, 1.165) is 16.5 Å². The van der Waals surface area contributed by atoms with Crippen LogP contribution < -0.4 is 5.32 Å². The van der Waals surface area contributed by atoms with Crippen molar-refractivity contribution in [1.82, 2.24) is 4.98 Å². The Morgan fingerprint density at radius 2 is 1.80 bits per heavy atom. The number of para-hydroxylation sites is 1. The van der Waals surface area contributed by atoms with Crippen molar-refractivity contribution in [2.45, 2.75) is 11.3 Å². The number of thiazole rings is 1. The van der Waals surface area contributed by atoms with E-state index in [1.165, 1.54) is 29.5 Å². The summed E-state index contributed by atoms with van der Waals surface area (Å²) in [5, 5.41) is 13.8. The van der Waals surface area contributed by atoms with Gasteiger partial charge in [-0.05, 0) is 48.0 Å². The van der Waals surface area contributed by atoms with Gasteiger partial charge in [-0.15, -0.1) is 11.3 Å². The fourth-order valence-electron chi connectivity index (χ4n) is 3.02. The molecule has 2 N–H and O–H groups in total. The molecule has 30 heavy (non-hydrogen) atoms. The Balaban J connectivity index is 1.52. The van der Waals surface area contributed by atoms with E-state index < -0.39 is 9.84 Å². The van der Waals surface area contributed by atoms with Crippen LogP contribution in [0.25, 0.3) is 20.8 Å². The van der Waals surface area contributed by atoms with Gasteiger partial charge >= 0.3 is 0 Å². The largest absolute Gasteiger partial charge is 0.507 e. The van der Waals surface area contributed by atoms with Crippen molar-refractivity contribution in [3.63, 3.8) is 0 Å². The quantitative estimate of drug-likeness (QED) is 0.454. The van der Waals surface area contributed by atoms with Crippen molar-refractivity contribution in [3.05, 3.63) is 72.3 Å². The highest BCUT2D eigenvalue weighted by molar-refractivity contribution is 7.90. The Hall–Kier alpha value is -3.23. The number of carbonyl (C=O) groups excluding carboxylic acids is 1. The summed E-state index contributed by atoms with van der Waals surface area (Å²) in [7, 11) is -3.27. The van der Waals surface area contributed by atoms with Crippen molar-refractivity contribution in [2.75, 3.05) is 11.6 Å². The van der Waals surface area contributed by atoms with E-state index in [1.54, 1.807) is 24.3 Å². The zero-order valence-corrected chi connectivity index (χ0v) is 17.6. The van der Waals surface area contributed by atoms with E-state index in [2.05, 4.69) is 10.3 Å². The summed E-state index contributed by atoms with van der Waals surface area (Å²) in [5.74, 6) is -0.161. The van der Waals surface area contributed by atoms with E-state index in [9.17, 15) is 18.3 Å². The van der Waals surface area contributed by atoms with Gasteiger partial charge < -0.3 is 10.4 Å². The van der Waals surface area contributed by atoms with Crippen LogP contribution in [0.3, 0.4) is 0 Å². The molecule has 0 saturated carbocycles. The van der Waals surface area contributed by atoms with Gasteiger partial charge in [0, 0.05) is 11.9 Å². The van der Waals surface area contributed by atoms with Gasteiger partial charge in [0.1, 0.15) is 10.8 Å². The first kappa shape index (κ1) is 20.1. The van der Waals surface area contributed by atoms with Crippen LogP contribution in [0.15, 0.2) is 71.6 Å². The number of sulfone groups is 1. The van der Waals surface area contributed by atoms with Crippen molar-refractivity contribution in [3.8, 4) is 16.3 Å². The van der Waals surface area contributed by atoms with Crippen LogP contribution in [-0.2, 0) is 21.1 Å². The van der Waals surface area contributed by atoms with Crippen LogP contribution >= 0.6 is 11.3 Å². The molecule has 6 nitrogen and oxygen atoms in total. The lowest BCUT2D eigenvalue weighted by molar-refractivity contribution is -0.115. The second kappa shape index (κ2) is 7.89. The molecule has 3 aromatic carbocycles. The normalized spacial score (nSPS) is 11.5. The molecule has 0 spiro atoms. The first-order chi connectivity index (χ1) is 14.3. The molecule has 0 bridgehead atoms. The van der Waals surface area contributed by atoms with Crippen LogP contribution in [0.2, 0.25) is 0 Å². The molecule has 0 aliphatic heterocycles. The maximum atomic E-state index is 12.4. The van der Waals surface area contributed by atoms with Crippen LogP contribution in [0, 0.1) is 0 Å². The van der Waals surface area contributed by atoms with E-state index >= 15 is 0 Å². The predicted molar refractivity (Wildman–Crippen MR) is 119 cm³/mol. The zero-order chi connectivity index (χ0) is 21.3. The minimum absolute atomic E-state index is 0.0865. The number of benzene rings is 3. The third-order valence-electron chi connectivity index (χ3n) is 4.52. The van der Waals surface area contributed by atoms with Crippen molar-refractivity contribution in [1.29, 1.82) is 0 Å². The van der Waals surface area contributed by atoms with E-state index in [1.807, 2.05) is 24.3 Å². The monoisotopic (exact) mass is 438 g/mol. The average molecular weight is 439 g/mol. The minimum atomic E-state index is -3.27. The van der Waals surface area contributed by atoms with Crippen LogP contribution in [0.4, 0.5) is 5.69 Å². The summed E-state index contributed by atoms with van der Waals surface area (Å²) in [6.07, 6.45) is 1.24. The number of rotatable bonds is 5. The number of aromatic nitrogens is 1. The third kappa shape index (κ3) is 4.34. The second-order valence-electron chi connectivity index (χ2n) is 6.86. The molecule has 4 aromatic rings. The molecule has 0 unspecified atom stereocenters. The topological polar surface area (TPSA) is 96.4 Å². The molecule has 1 amide bonds. The number of fused-ring (bicyclic) bond motifs is 1. The summed E-state index contributed by atoms with van der Waals surface area (Å²) < 4.78 is 24.1. The molecular weight excluding hydrogens is 420 g/mol. The van der Waals surface area contributed by atoms with Gasteiger partial charge in [-0.25, -0.2) is 13.4 Å². The summed E-state index contributed by atoms with van der Waals surface area (Å²) in [6.45, 7) is 0. The molecule has 0 aliphatic rings. The molecular formula is C22H18N2O4S2. The summed E-state index contributed by atoms with van der Waals surface area (Å²) in [5.41, 5.74) is 2.64. The van der Waals surface area contributed by atoms with E-state index in [0.29, 0.717) is 21.8 Å². The summed E-state index contributed by atoms with van der Waals surface area (Å²) in [4.78, 5) is 17.2. The van der Waals surface area contributed by atoms with E-state index in [-0.39, 0.29) is 23.0 Å². The first-order valence-corrected chi connectivity index (χ1v) is 11.8. The third-order valence-corrected chi connectivity index (χ3v) is 6.72. The Kier molecular flexibility index (Phi) is 5.27. The van der Waals surface area contributed by atoms with Gasteiger partial charge in [-0.3, -0.25) is 4.79 Å². The first-order valence-electron chi connectivity index (χ1n) is 9.07. The van der Waals surface area contributed by atoms with Gasteiger partial charge in [-0.1, -0.05) is 24.3 Å². The highest BCUT2D eigenvalue weighted by Gasteiger charge is 2.13. The second-order valence-corrected chi connectivity index (χ2v) is 9.91. The lowest BCUT2D eigenvalue weighted by atomic mass is 10.1. The molecule has 1 heterocycles. The van der Waals surface area contributed by atoms with Crippen molar-refractivity contribution < 1.29 is 18.3 Å². The fraction of sp³-hybridized carbons (Fsp3) is 0.0909. The minimum Gasteiger partial charge on any atom is -0.507 e. The number of hydrogen-bond acceptors (Lipinski definition) is 6. The lowest BCUT2D eigenvalue weighted by Gasteiger charge is -2.08. The molecule has 0 fully saturated rings. The SMILES string of the molecule is CS(=O)(=O)c1ccc(CC(=O)Nc2ccc(O)c(-c3nc4ccccc4s3)c2)cc1. The number of amides is 1. The van der Waals surface area contributed by atoms with Crippen LogP contribution in [-0.4, -0.2) is 30.7 Å². The van der Waals surface area contributed by atoms with E-state index in [4.69, 9.17) is 0 Å². The number of anilines is 1. The van der Waals surface area contributed by atoms with Gasteiger partial charge in [0.2, 0.25) is 5.91 Å². The molecule has 0 saturated heterocycles. The molecule has 0 aliphatic carbocycles. The Morgan fingerprint density at radius 3 is 2.50 bits per heavy atom. The Bertz CT molecular complexity index is 1310.